The van der Waals surface area contributed by atoms with Crippen LogP contribution in [0.1, 0.15) is 37.8 Å². The number of nitrogens with zero attached hydrogens (tertiary/aromatic N) is 1. The van der Waals surface area contributed by atoms with Crippen molar-refractivity contribution >= 4 is 10.0 Å². The Morgan fingerprint density at radius 1 is 0.968 bits per heavy atom. The predicted octanol–water partition coefficient (Wildman–Crippen LogP) is 3.78. The van der Waals surface area contributed by atoms with Crippen LogP contribution in [0.2, 0.25) is 0 Å². The van der Waals surface area contributed by atoms with Crippen molar-refractivity contribution < 1.29 is 17.9 Å². The van der Waals surface area contributed by atoms with E-state index in [1.807, 2.05) is 43.3 Å². The summed E-state index contributed by atoms with van der Waals surface area (Å²) in [5, 5.41) is -0.429. The minimum Gasteiger partial charge on any atom is -0.457 e. The number of morpholine rings is 1. The molecule has 1 heterocycles. The van der Waals surface area contributed by atoms with Crippen molar-refractivity contribution in [3.8, 4) is 11.5 Å². The molecule has 1 saturated heterocycles. The second-order valence-electron chi connectivity index (χ2n) is 8.36. The maximum Gasteiger partial charge on any atom is 0.213 e. The molecule has 0 spiro atoms. The van der Waals surface area contributed by atoms with E-state index in [1.165, 1.54) is 5.56 Å². The summed E-state index contributed by atoms with van der Waals surface area (Å²) in [6.07, 6.45) is 1.02. The second-order valence-corrected chi connectivity index (χ2v) is 10.7. The van der Waals surface area contributed by atoms with E-state index < -0.39 is 15.3 Å². The van der Waals surface area contributed by atoms with Gasteiger partial charge < -0.3 is 9.47 Å². The van der Waals surface area contributed by atoms with Crippen LogP contribution in [-0.4, -0.2) is 58.0 Å². The molecule has 170 valence electrons. The summed E-state index contributed by atoms with van der Waals surface area (Å²) in [5.41, 5.74) is 2.36. The van der Waals surface area contributed by atoms with Gasteiger partial charge in [-0.3, -0.25) is 4.90 Å². The largest absolute Gasteiger partial charge is 0.457 e. The van der Waals surface area contributed by atoms with Crippen molar-refractivity contribution in [3.63, 3.8) is 0 Å². The monoisotopic (exact) mass is 446 g/mol. The van der Waals surface area contributed by atoms with Crippen molar-refractivity contribution in [2.75, 3.05) is 39.4 Å². The van der Waals surface area contributed by atoms with Gasteiger partial charge in [-0.05, 0) is 61.6 Å². The van der Waals surface area contributed by atoms with Gasteiger partial charge in [-0.15, -0.1) is 0 Å². The van der Waals surface area contributed by atoms with Gasteiger partial charge in [0, 0.05) is 26.2 Å². The maximum absolute atomic E-state index is 11.9. The Morgan fingerprint density at radius 2 is 1.55 bits per heavy atom. The first-order valence-corrected chi connectivity index (χ1v) is 12.5. The Bertz CT molecular complexity index is 906. The van der Waals surface area contributed by atoms with Crippen LogP contribution in [0.5, 0.6) is 11.5 Å². The fourth-order valence-corrected chi connectivity index (χ4v) is 4.18. The minimum absolute atomic E-state index is 0.0772. The summed E-state index contributed by atoms with van der Waals surface area (Å²) in [4.78, 5) is 2.43. The van der Waals surface area contributed by atoms with E-state index in [2.05, 4.69) is 21.8 Å². The standard InChI is InChI=1S/C24H34N2O4S/c1-19(2)31(27,28)25-18-20(3)22-6-10-24(11-7-22)30-23-8-4-21(5-9-23)12-13-26-14-16-29-17-15-26/h4-11,19-20,25H,12-18H2,1-3H3. The molecular formula is C24H34N2O4S. The quantitative estimate of drug-likeness (QED) is 0.602. The maximum atomic E-state index is 11.9. The molecule has 7 heteroatoms. The van der Waals surface area contributed by atoms with Gasteiger partial charge in [0.2, 0.25) is 10.0 Å². The van der Waals surface area contributed by atoms with Crippen LogP contribution in [0.3, 0.4) is 0 Å². The third-order valence-electron chi connectivity index (χ3n) is 5.64. The van der Waals surface area contributed by atoms with E-state index >= 15 is 0 Å². The highest BCUT2D eigenvalue weighted by Crippen LogP contribution is 2.24. The molecular weight excluding hydrogens is 412 g/mol. The Hall–Kier alpha value is -1.93. The van der Waals surface area contributed by atoms with E-state index in [1.54, 1.807) is 13.8 Å². The van der Waals surface area contributed by atoms with Crippen molar-refractivity contribution in [1.29, 1.82) is 0 Å². The predicted molar refractivity (Wildman–Crippen MR) is 124 cm³/mol. The molecule has 6 nitrogen and oxygen atoms in total. The van der Waals surface area contributed by atoms with E-state index in [0.29, 0.717) is 6.54 Å². The Labute approximate surface area is 186 Å². The van der Waals surface area contributed by atoms with Gasteiger partial charge in [0.1, 0.15) is 11.5 Å². The third-order valence-corrected chi connectivity index (χ3v) is 7.45. The third kappa shape index (κ3) is 7.31. The van der Waals surface area contributed by atoms with Crippen LogP contribution < -0.4 is 9.46 Å². The van der Waals surface area contributed by atoms with Gasteiger partial charge >= 0.3 is 0 Å². The highest BCUT2D eigenvalue weighted by atomic mass is 32.2. The number of hydrogen-bond acceptors (Lipinski definition) is 5. The van der Waals surface area contributed by atoms with E-state index in [9.17, 15) is 8.42 Å². The minimum atomic E-state index is -3.25. The van der Waals surface area contributed by atoms with E-state index in [-0.39, 0.29) is 5.92 Å². The van der Waals surface area contributed by atoms with E-state index in [4.69, 9.17) is 9.47 Å². The number of sulfonamides is 1. The fraction of sp³-hybridized carbons (Fsp3) is 0.500. The topological polar surface area (TPSA) is 67.9 Å². The van der Waals surface area contributed by atoms with Gasteiger partial charge in [0.05, 0.1) is 18.5 Å². The number of hydrogen-bond donors (Lipinski definition) is 1. The molecule has 2 aromatic rings. The lowest BCUT2D eigenvalue weighted by Gasteiger charge is -2.26. The molecule has 3 rings (SSSR count). The Kier molecular flexibility index (Phi) is 8.49. The summed E-state index contributed by atoms with van der Waals surface area (Å²) in [5.74, 6) is 1.65. The average Bonchev–Trinajstić information content (AvgIpc) is 2.78. The Balaban J connectivity index is 1.48. The molecule has 1 aliphatic heterocycles. The average molecular weight is 447 g/mol. The number of ether oxygens (including phenoxy) is 2. The second kappa shape index (κ2) is 11.1. The summed E-state index contributed by atoms with van der Waals surface area (Å²) < 4.78 is 37.9. The fourth-order valence-electron chi connectivity index (χ4n) is 3.36. The zero-order valence-corrected chi connectivity index (χ0v) is 19.5. The summed E-state index contributed by atoms with van der Waals surface area (Å²) in [7, 11) is -3.25. The highest BCUT2D eigenvalue weighted by Gasteiger charge is 2.17. The molecule has 1 unspecified atom stereocenters. The molecule has 1 aliphatic rings. The van der Waals surface area contributed by atoms with Crippen LogP contribution in [-0.2, 0) is 21.2 Å². The van der Waals surface area contributed by atoms with Crippen LogP contribution in [0.15, 0.2) is 48.5 Å². The van der Waals surface area contributed by atoms with Crippen LogP contribution in [0.25, 0.3) is 0 Å². The molecule has 0 radical (unpaired) electrons. The zero-order chi connectivity index (χ0) is 22.3. The molecule has 0 saturated carbocycles. The van der Waals surface area contributed by atoms with Gasteiger partial charge in [-0.2, -0.15) is 0 Å². The van der Waals surface area contributed by atoms with Crippen LogP contribution in [0, 0.1) is 0 Å². The van der Waals surface area contributed by atoms with Gasteiger partial charge in [0.25, 0.3) is 0 Å². The lowest BCUT2D eigenvalue weighted by Crippen LogP contribution is -2.37. The van der Waals surface area contributed by atoms with E-state index in [0.717, 1.165) is 56.3 Å². The normalized spacial score (nSPS) is 16.4. The van der Waals surface area contributed by atoms with Crippen molar-refractivity contribution in [2.24, 2.45) is 0 Å². The molecule has 0 aliphatic carbocycles. The first kappa shape index (κ1) is 23.7. The van der Waals surface area contributed by atoms with Crippen molar-refractivity contribution in [3.05, 3.63) is 59.7 Å². The number of benzene rings is 2. The van der Waals surface area contributed by atoms with Gasteiger partial charge in [-0.25, -0.2) is 13.1 Å². The molecule has 1 atom stereocenters. The lowest BCUT2D eigenvalue weighted by atomic mass is 10.0. The highest BCUT2D eigenvalue weighted by molar-refractivity contribution is 7.90. The summed E-state index contributed by atoms with van der Waals surface area (Å²) in [6.45, 7) is 10.5. The summed E-state index contributed by atoms with van der Waals surface area (Å²) >= 11 is 0. The molecule has 31 heavy (non-hydrogen) atoms. The molecule has 0 aromatic heterocycles. The Morgan fingerprint density at radius 3 is 2.13 bits per heavy atom. The smallest absolute Gasteiger partial charge is 0.213 e. The first-order valence-electron chi connectivity index (χ1n) is 11.0. The summed E-state index contributed by atoms with van der Waals surface area (Å²) in [6, 6.07) is 16.1. The lowest BCUT2D eigenvalue weighted by molar-refractivity contribution is 0.0384. The van der Waals surface area contributed by atoms with Gasteiger partial charge in [0.15, 0.2) is 0 Å². The molecule has 0 amide bonds. The van der Waals surface area contributed by atoms with Crippen molar-refractivity contribution in [1.82, 2.24) is 9.62 Å². The molecule has 1 fully saturated rings. The van der Waals surface area contributed by atoms with Crippen LogP contribution >= 0.6 is 0 Å². The SMILES string of the molecule is CC(CNS(=O)(=O)C(C)C)c1ccc(Oc2ccc(CCN3CCOCC3)cc2)cc1. The first-order chi connectivity index (χ1) is 14.8. The molecule has 2 aromatic carbocycles. The molecule has 0 bridgehead atoms. The number of rotatable bonds is 10. The van der Waals surface area contributed by atoms with Gasteiger partial charge in [-0.1, -0.05) is 31.2 Å². The van der Waals surface area contributed by atoms with Crippen molar-refractivity contribution in [2.45, 2.75) is 38.4 Å². The zero-order valence-electron chi connectivity index (χ0n) is 18.7. The van der Waals surface area contributed by atoms with Crippen LogP contribution in [0.4, 0.5) is 0 Å². The molecule has 1 N–H and O–H groups in total. The number of nitrogens with one attached hydrogen (secondary N) is 1.